The van der Waals surface area contributed by atoms with Crippen LogP contribution in [0.3, 0.4) is 0 Å². The number of nitrogens with one attached hydrogen (secondary N) is 1. The van der Waals surface area contributed by atoms with E-state index >= 15 is 0 Å². The van der Waals surface area contributed by atoms with E-state index in [1.807, 2.05) is 19.1 Å². The quantitative estimate of drug-likeness (QED) is 0.842. The average Bonchev–Trinajstić information content (AvgIpc) is 2.45. The minimum Gasteiger partial charge on any atom is -0.397 e. The van der Waals surface area contributed by atoms with Gasteiger partial charge in [0.1, 0.15) is 0 Å². The van der Waals surface area contributed by atoms with Gasteiger partial charge in [0, 0.05) is 6.20 Å². The van der Waals surface area contributed by atoms with Crippen molar-refractivity contribution in [2.24, 2.45) is 0 Å². The molecule has 0 amide bonds. The molecular weight excluding hydrogens is 279 g/mol. The molecule has 0 saturated carbocycles. The molecule has 2 rings (SSSR count). The van der Waals surface area contributed by atoms with Crippen LogP contribution in [0.15, 0.2) is 36.5 Å². The molecule has 0 aliphatic heterocycles. The van der Waals surface area contributed by atoms with Crippen LogP contribution < -0.4 is 11.1 Å². The van der Waals surface area contributed by atoms with Crippen molar-refractivity contribution < 1.29 is 13.2 Å². The first-order valence-electron chi connectivity index (χ1n) is 6.55. The number of hydrogen-bond donors (Lipinski definition) is 2. The molecular formula is C15H16F3N3. The highest BCUT2D eigenvalue weighted by atomic mass is 19.4. The molecule has 0 unspecified atom stereocenters. The van der Waals surface area contributed by atoms with Gasteiger partial charge < -0.3 is 11.1 Å². The maximum Gasteiger partial charge on any atom is 0.416 e. The van der Waals surface area contributed by atoms with Crippen molar-refractivity contribution >= 4 is 11.4 Å². The van der Waals surface area contributed by atoms with E-state index in [-0.39, 0.29) is 5.69 Å². The Bertz CT molecular complexity index is 624. The minimum absolute atomic E-state index is 0.0683. The third kappa shape index (κ3) is 3.65. The summed E-state index contributed by atoms with van der Waals surface area (Å²) in [4.78, 5) is 4.27. The Morgan fingerprint density at radius 2 is 2.00 bits per heavy atom. The molecule has 0 aliphatic rings. The second kappa shape index (κ2) is 6.03. The first-order valence-corrected chi connectivity index (χ1v) is 6.55. The molecule has 21 heavy (non-hydrogen) atoms. The Balaban J connectivity index is 2.14. The van der Waals surface area contributed by atoms with Gasteiger partial charge in [-0.1, -0.05) is 13.0 Å². The topological polar surface area (TPSA) is 50.9 Å². The van der Waals surface area contributed by atoms with Crippen molar-refractivity contribution in [1.82, 2.24) is 4.98 Å². The first kappa shape index (κ1) is 15.2. The molecule has 0 atom stereocenters. The van der Waals surface area contributed by atoms with Crippen molar-refractivity contribution in [2.45, 2.75) is 26.1 Å². The molecule has 1 aromatic carbocycles. The van der Waals surface area contributed by atoms with Gasteiger partial charge in [0.15, 0.2) is 0 Å². The molecule has 2 aromatic rings. The number of halogens is 3. The Hall–Kier alpha value is -2.24. The number of nitrogens with zero attached hydrogens (tertiary/aromatic N) is 1. The normalized spacial score (nSPS) is 11.4. The lowest BCUT2D eigenvalue weighted by Gasteiger charge is -2.13. The van der Waals surface area contributed by atoms with E-state index in [2.05, 4.69) is 10.3 Å². The molecule has 0 spiro atoms. The fraction of sp³-hybridized carbons (Fsp3) is 0.267. The van der Waals surface area contributed by atoms with E-state index in [0.717, 1.165) is 29.8 Å². The van der Waals surface area contributed by atoms with Gasteiger partial charge in [-0.2, -0.15) is 13.2 Å². The van der Waals surface area contributed by atoms with Gasteiger partial charge >= 0.3 is 6.18 Å². The summed E-state index contributed by atoms with van der Waals surface area (Å²) in [6.45, 7) is 2.44. The third-order valence-electron chi connectivity index (χ3n) is 3.19. The molecule has 0 bridgehead atoms. The van der Waals surface area contributed by atoms with Crippen LogP contribution in [0, 0.1) is 0 Å². The largest absolute Gasteiger partial charge is 0.416 e. The predicted molar refractivity (Wildman–Crippen MR) is 76.8 cm³/mol. The molecule has 0 saturated heterocycles. The number of aromatic nitrogens is 1. The number of anilines is 2. The highest BCUT2D eigenvalue weighted by molar-refractivity contribution is 5.67. The summed E-state index contributed by atoms with van der Waals surface area (Å²) in [6, 6.07) is 7.11. The summed E-state index contributed by atoms with van der Waals surface area (Å²) in [5.74, 6) is 0. The molecule has 3 N–H and O–H groups in total. The lowest BCUT2D eigenvalue weighted by Crippen LogP contribution is -2.09. The molecule has 6 heteroatoms. The van der Waals surface area contributed by atoms with Crippen LogP contribution in [0.5, 0.6) is 0 Å². The number of nitrogens with two attached hydrogens (primary N) is 1. The number of rotatable bonds is 4. The van der Waals surface area contributed by atoms with E-state index in [9.17, 15) is 13.2 Å². The Kier molecular flexibility index (Phi) is 4.35. The fourth-order valence-electron chi connectivity index (χ4n) is 2.03. The lowest BCUT2D eigenvalue weighted by atomic mass is 10.1. The van der Waals surface area contributed by atoms with Crippen LogP contribution in [-0.2, 0) is 19.1 Å². The summed E-state index contributed by atoms with van der Waals surface area (Å²) in [5, 5.41) is 3.03. The summed E-state index contributed by atoms with van der Waals surface area (Å²) in [5.41, 5.74) is 7.41. The number of pyridine rings is 1. The van der Waals surface area contributed by atoms with Crippen LogP contribution in [0.2, 0.25) is 0 Å². The van der Waals surface area contributed by atoms with Crippen LogP contribution in [0.25, 0.3) is 0 Å². The second-order valence-corrected chi connectivity index (χ2v) is 4.62. The highest BCUT2D eigenvalue weighted by Gasteiger charge is 2.30. The van der Waals surface area contributed by atoms with Gasteiger partial charge in [0.2, 0.25) is 0 Å². The number of alkyl halides is 3. The molecule has 3 nitrogen and oxygen atoms in total. The Morgan fingerprint density at radius 1 is 1.24 bits per heavy atom. The molecule has 0 fully saturated rings. The molecule has 0 radical (unpaired) electrons. The zero-order valence-electron chi connectivity index (χ0n) is 11.5. The van der Waals surface area contributed by atoms with E-state index in [4.69, 9.17) is 5.73 Å². The van der Waals surface area contributed by atoms with Crippen LogP contribution in [0.1, 0.15) is 23.7 Å². The number of aryl methyl sites for hydroxylation is 1. The standard InChI is InChI=1S/C15H16F3N3/c1-2-10-4-3-7-20-14(10)9-21-13-6-5-11(8-12(13)19)15(16,17)18/h3-8,21H,2,9,19H2,1H3. The maximum absolute atomic E-state index is 12.6. The van der Waals surface area contributed by atoms with Crippen LogP contribution >= 0.6 is 0 Å². The first-order chi connectivity index (χ1) is 9.91. The van der Waals surface area contributed by atoms with Crippen LogP contribution in [-0.4, -0.2) is 4.98 Å². The van der Waals surface area contributed by atoms with E-state index in [1.165, 1.54) is 6.07 Å². The van der Waals surface area contributed by atoms with Crippen molar-refractivity contribution in [1.29, 1.82) is 0 Å². The van der Waals surface area contributed by atoms with Gasteiger partial charge in [-0.05, 0) is 36.2 Å². The Morgan fingerprint density at radius 3 is 2.62 bits per heavy atom. The van der Waals surface area contributed by atoms with E-state index in [0.29, 0.717) is 12.2 Å². The summed E-state index contributed by atoms with van der Waals surface area (Å²) >= 11 is 0. The van der Waals surface area contributed by atoms with Gasteiger partial charge in [0.25, 0.3) is 0 Å². The van der Waals surface area contributed by atoms with Crippen molar-refractivity contribution in [3.05, 3.63) is 53.3 Å². The van der Waals surface area contributed by atoms with Crippen molar-refractivity contribution in [3.8, 4) is 0 Å². The van der Waals surface area contributed by atoms with Gasteiger partial charge in [-0.25, -0.2) is 0 Å². The maximum atomic E-state index is 12.6. The summed E-state index contributed by atoms with van der Waals surface area (Å²) in [7, 11) is 0. The third-order valence-corrected chi connectivity index (χ3v) is 3.19. The number of benzene rings is 1. The van der Waals surface area contributed by atoms with Crippen LogP contribution in [0.4, 0.5) is 24.5 Å². The molecule has 1 aromatic heterocycles. The average molecular weight is 295 g/mol. The van der Waals surface area contributed by atoms with Crippen molar-refractivity contribution in [3.63, 3.8) is 0 Å². The van der Waals surface area contributed by atoms with Gasteiger partial charge in [0.05, 0.1) is 29.2 Å². The lowest BCUT2D eigenvalue weighted by molar-refractivity contribution is -0.137. The van der Waals surface area contributed by atoms with Crippen molar-refractivity contribution in [2.75, 3.05) is 11.1 Å². The summed E-state index contributed by atoms with van der Waals surface area (Å²) in [6.07, 6.45) is -1.86. The van der Waals surface area contributed by atoms with E-state index < -0.39 is 11.7 Å². The zero-order chi connectivity index (χ0) is 15.5. The number of hydrogen-bond acceptors (Lipinski definition) is 3. The predicted octanol–water partition coefficient (Wildman–Crippen LogP) is 3.86. The number of nitrogen functional groups attached to an aromatic ring is 1. The molecule has 0 aliphatic carbocycles. The highest BCUT2D eigenvalue weighted by Crippen LogP contribution is 2.32. The smallest absolute Gasteiger partial charge is 0.397 e. The Labute approximate surface area is 121 Å². The summed E-state index contributed by atoms with van der Waals surface area (Å²) < 4.78 is 37.7. The van der Waals surface area contributed by atoms with Gasteiger partial charge in [-0.15, -0.1) is 0 Å². The second-order valence-electron chi connectivity index (χ2n) is 4.62. The zero-order valence-corrected chi connectivity index (χ0v) is 11.5. The fourth-order valence-corrected chi connectivity index (χ4v) is 2.03. The molecule has 112 valence electrons. The van der Waals surface area contributed by atoms with E-state index in [1.54, 1.807) is 6.20 Å². The molecule has 1 heterocycles. The monoisotopic (exact) mass is 295 g/mol. The minimum atomic E-state index is -4.39. The van der Waals surface area contributed by atoms with Gasteiger partial charge in [-0.3, -0.25) is 4.98 Å². The SMILES string of the molecule is CCc1cccnc1CNc1ccc(C(F)(F)F)cc1N.